The summed E-state index contributed by atoms with van der Waals surface area (Å²) in [5.74, 6) is 0.173. The predicted molar refractivity (Wildman–Crippen MR) is 64.3 cm³/mol. The summed E-state index contributed by atoms with van der Waals surface area (Å²) >= 11 is 4.69. The maximum Gasteiger partial charge on any atom is 0.289 e. The van der Waals surface area contributed by atoms with Crippen molar-refractivity contribution in [3.63, 3.8) is 0 Å². The van der Waals surface area contributed by atoms with Crippen molar-refractivity contribution >= 4 is 33.2 Å². The van der Waals surface area contributed by atoms with Gasteiger partial charge in [0.1, 0.15) is 5.01 Å². The lowest BCUT2D eigenvalue weighted by atomic mass is 10.4. The van der Waals surface area contributed by atoms with Crippen LogP contribution in [0, 0.1) is 0 Å². The molecular weight excluding hydrogens is 292 g/mol. The number of halogens is 1. The van der Waals surface area contributed by atoms with Crippen LogP contribution in [0.25, 0.3) is 0 Å². The van der Waals surface area contributed by atoms with Gasteiger partial charge in [0.25, 0.3) is 5.91 Å². The molecule has 0 bridgehead atoms. The minimum absolute atomic E-state index is 0.152. The zero-order valence-electron chi connectivity index (χ0n) is 8.51. The van der Waals surface area contributed by atoms with Crippen molar-refractivity contribution < 1.29 is 9.21 Å². The van der Waals surface area contributed by atoms with Gasteiger partial charge in [-0.2, -0.15) is 0 Å². The number of aromatic nitrogens is 1. The van der Waals surface area contributed by atoms with Crippen molar-refractivity contribution in [2.75, 3.05) is 7.05 Å². The third-order valence-corrected chi connectivity index (χ3v) is 3.18. The van der Waals surface area contributed by atoms with Crippen molar-refractivity contribution in [1.29, 1.82) is 0 Å². The predicted octanol–water partition coefficient (Wildman–Crippen LogP) is 2.77. The molecule has 0 radical (unpaired) electrons. The fraction of sp³-hybridized carbons (Fsp3) is 0.200. The number of furan rings is 1. The summed E-state index contributed by atoms with van der Waals surface area (Å²) in [4.78, 5) is 17.6. The number of amides is 1. The second-order valence-corrected chi connectivity index (χ2v) is 4.95. The highest BCUT2D eigenvalue weighted by Crippen LogP contribution is 2.16. The van der Waals surface area contributed by atoms with Crippen LogP contribution in [0.2, 0.25) is 0 Å². The lowest BCUT2D eigenvalue weighted by Crippen LogP contribution is -2.25. The Morgan fingerprint density at radius 2 is 2.44 bits per heavy atom. The number of carbonyl (C=O) groups is 1. The molecule has 16 heavy (non-hydrogen) atoms. The molecule has 0 aliphatic carbocycles. The molecule has 0 saturated heterocycles. The Morgan fingerprint density at radius 3 is 3.00 bits per heavy atom. The topological polar surface area (TPSA) is 46.3 Å². The lowest BCUT2D eigenvalue weighted by molar-refractivity contribution is 0.0752. The molecule has 2 aromatic rings. The van der Waals surface area contributed by atoms with E-state index in [4.69, 9.17) is 4.42 Å². The van der Waals surface area contributed by atoms with E-state index >= 15 is 0 Å². The van der Waals surface area contributed by atoms with Gasteiger partial charge in [-0.1, -0.05) is 0 Å². The molecule has 0 saturated carbocycles. The average molecular weight is 301 g/mol. The molecule has 6 heteroatoms. The molecule has 0 fully saturated rings. The number of rotatable bonds is 3. The Labute approximate surface area is 105 Å². The SMILES string of the molecule is CN(Cc1nccs1)C(=O)c1ccc(Br)o1. The summed E-state index contributed by atoms with van der Waals surface area (Å²) in [7, 11) is 1.72. The third-order valence-electron chi connectivity index (χ3n) is 1.99. The van der Waals surface area contributed by atoms with Crippen LogP contribution in [0.15, 0.2) is 32.8 Å². The molecule has 2 heterocycles. The van der Waals surface area contributed by atoms with Gasteiger partial charge >= 0.3 is 0 Å². The summed E-state index contributed by atoms with van der Waals surface area (Å²) in [5, 5.41) is 2.79. The van der Waals surface area contributed by atoms with E-state index in [0.29, 0.717) is 17.0 Å². The molecule has 0 aromatic carbocycles. The molecule has 2 aromatic heterocycles. The van der Waals surface area contributed by atoms with Crippen molar-refractivity contribution in [2.45, 2.75) is 6.54 Å². The van der Waals surface area contributed by atoms with Crippen LogP contribution < -0.4 is 0 Å². The standard InChI is InChI=1S/C10H9BrN2O2S/c1-13(6-9-12-4-5-16-9)10(14)7-2-3-8(11)15-7/h2-5H,6H2,1H3. The molecule has 84 valence electrons. The van der Waals surface area contributed by atoms with Crippen LogP contribution in [-0.4, -0.2) is 22.8 Å². The second-order valence-electron chi connectivity index (χ2n) is 3.19. The van der Waals surface area contributed by atoms with Gasteiger partial charge in [-0.25, -0.2) is 4.98 Å². The third kappa shape index (κ3) is 2.51. The maximum absolute atomic E-state index is 11.9. The van der Waals surface area contributed by atoms with Gasteiger partial charge < -0.3 is 9.32 Å². The summed E-state index contributed by atoms with van der Waals surface area (Å²) in [5.41, 5.74) is 0. The van der Waals surface area contributed by atoms with E-state index in [1.54, 1.807) is 30.3 Å². The summed E-state index contributed by atoms with van der Waals surface area (Å²) in [6.07, 6.45) is 1.72. The van der Waals surface area contributed by atoms with Crippen LogP contribution in [-0.2, 0) is 6.54 Å². The first-order valence-corrected chi connectivity index (χ1v) is 6.23. The molecule has 0 N–H and O–H groups in total. The summed E-state index contributed by atoms with van der Waals surface area (Å²) in [6.45, 7) is 0.495. The van der Waals surface area contributed by atoms with E-state index in [-0.39, 0.29) is 5.91 Å². The fourth-order valence-electron chi connectivity index (χ4n) is 1.22. The summed E-state index contributed by atoms with van der Waals surface area (Å²) < 4.78 is 5.75. The molecule has 0 aliphatic rings. The zero-order valence-corrected chi connectivity index (χ0v) is 10.9. The first-order valence-electron chi connectivity index (χ1n) is 4.56. The number of hydrogen-bond acceptors (Lipinski definition) is 4. The quantitative estimate of drug-likeness (QED) is 0.875. The maximum atomic E-state index is 11.9. The molecular formula is C10H9BrN2O2S. The van der Waals surface area contributed by atoms with E-state index in [9.17, 15) is 4.79 Å². The monoisotopic (exact) mass is 300 g/mol. The molecule has 2 rings (SSSR count). The Balaban J connectivity index is 2.05. The first kappa shape index (κ1) is 11.3. The van der Waals surface area contributed by atoms with Gasteiger partial charge in [-0.15, -0.1) is 11.3 Å². The van der Waals surface area contributed by atoms with Gasteiger partial charge in [0, 0.05) is 18.6 Å². The van der Waals surface area contributed by atoms with Gasteiger partial charge in [0.15, 0.2) is 10.4 Å². The zero-order chi connectivity index (χ0) is 11.5. The van der Waals surface area contributed by atoms with Crippen molar-refractivity contribution in [2.24, 2.45) is 0 Å². The van der Waals surface area contributed by atoms with Crippen LogP contribution in [0.3, 0.4) is 0 Å². The summed E-state index contributed by atoms with van der Waals surface area (Å²) in [6, 6.07) is 3.34. The van der Waals surface area contributed by atoms with Gasteiger partial charge in [-0.3, -0.25) is 4.79 Å². The molecule has 1 amide bonds. The molecule has 0 spiro atoms. The minimum Gasteiger partial charge on any atom is -0.444 e. The largest absolute Gasteiger partial charge is 0.444 e. The number of thiazole rings is 1. The Kier molecular flexibility index (Phi) is 3.40. The van der Waals surface area contributed by atoms with Gasteiger partial charge in [-0.05, 0) is 28.1 Å². The first-order chi connectivity index (χ1) is 7.66. The molecule has 0 atom stereocenters. The van der Waals surface area contributed by atoms with Crippen molar-refractivity contribution in [3.8, 4) is 0 Å². The highest BCUT2D eigenvalue weighted by atomic mass is 79.9. The number of nitrogens with zero attached hydrogens (tertiary/aromatic N) is 2. The van der Waals surface area contributed by atoms with Crippen LogP contribution in [0.5, 0.6) is 0 Å². The highest BCUT2D eigenvalue weighted by Gasteiger charge is 2.16. The number of hydrogen-bond donors (Lipinski definition) is 0. The highest BCUT2D eigenvalue weighted by molar-refractivity contribution is 9.10. The van der Waals surface area contributed by atoms with E-state index in [0.717, 1.165) is 5.01 Å². The smallest absolute Gasteiger partial charge is 0.289 e. The van der Waals surface area contributed by atoms with Crippen LogP contribution in [0.1, 0.15) is 15.6 Å². The second kappa shape index (κ2) is 4.80. The lowest BCUT2D eigenvalue weighted by Gasteiger charge is -2.13. The van der Waals surface area contributed by atoms with Crippen LogP contribution >= 0.6 is 27.3 Å². The molecule has 0 unspecified atom stereocenters. The molecule has 0 aliphatic heterocycles. The normalized spacial score (nSPS) is 10.4. The fourth-order valence-corrected chi connectivity index (χ4v) is 2.20. The average Bonchev–Trinajstić information content (AvgIpc) is 2.88. The minimum atomic E-state index is -0.152. The van der Waals surface area contributed by atoms with E-state index in [1.165, 1.54) is 11.3 Å². The van der Waals surface area contributed by atoms with E-state index in [1.807, 2.05) is 5.38 Å². The van der Waals surface area contributed by atoms with Crippen molar-refractivity contribution in [1.82, 2.24) is 9.88 Å². The van der Waals surface area contributed by atoms with Crippen molar-refractivity contribution in [3.05, 3.63) is 39.1 Å². The van der Waals surface area contributed by atoms with E-state index in [2.05, 4.69) is 20.9 Å². The van der Waals surface area contributed by atoms with Gasteiger partial charge in [0.05, 0.1) is 6.54 Å². The molecule has 4 nitrogen and oxygen atoms in total. The Morgan fingerprint density at radius 1 is 1.62 bits per heavy atom. The number of carbonyl (C=O) groups excluding carboxylic acids is 1. The Hall–Kier alpha value is -1.14. The Bertz CT molecular complexity index is 481. The van der Waals surface area contributed by atoms with Gasteiger partial charge in [0.2, 0.25) is 0 Å². The van der Waals surface area contributed by atoms with E-state index < -0.39 is 0 Å². The van der Waals surface area contributed by atoms with Crippen LogP contribution in [0.4, 0.5) is 0 Å².